The molecule has 0 spiro atoms. The Labute approximate surface area is 80.7 Å². The molecule has 13 heavy (non-hydrogen) atoms. The van der Waals surface area contributed by atoms with E-state index in [4.69, 9.17) is 11.6 Å². The molecular weight excluding hydrogens is 196 g/mol. The van der Waals surface area contributed by atoms with Gasteiger partial charge in [0.2, 0.25) is 0 Å². The number of anilines is 1. The Morgan fingerprint density at radius 2 is 2.08 bits per heavy atom. The largest absolute Gasteiger partial charge is 0.383 e. The average Bonchev–Trinajstić information content (AvgIpc) is 2.13. The SMILES string of the molecule is CCCNc1ccc(F)c(Cl)c1F. The van der Waals surface area contributed by atoms with E-state index in [1.54, 1.807) is 0 Å². The summed E-state index contributed by atoms with van der Waals surface area (Å²) in [6.45, 7) is 2.59. The molecule has 0 heterocycles. The maximum Gasteiger partial charge on any atom is 0.167 e. The third kappa shape index (κ3) is 2.31. The van der Waals surface area contributed by atoms with Crippen molar-refractivity contribution in [2.45, 2.75) is 13.3 Å². The summed E-state index contributed by atoms with van der Waals surface area (Å²) in [4.78, 5) is 0. The zero-order valence-electron chi connectivity index (χ0n) is 7.20. The molecule has 0 saturated heterocycles. The van der Waals surface area contributed by atoms with Gasteiger partial charge in [-0.2, -0.15) is 0 Å². The third-order valence-corrected chi connectivity index (χ3v) is 1.95. The van der Waals surface area contributed by atoms with Crippen molar-refractivity contribution >= 4 is 17.3 Å². The summed E-state index contributed by atoms with van der Waals surface area (Å²) >= 11 is 5.37. The molecule has 0 saturated carbocycles. The van der Waals surface area contributed by atoms with Crippen molar-refractivity contribution in [2.24, 2.45) is 0 Å². The molecule has 0 unspecified atom stereocenters. The summed E-state index contributed by atoms with van der Waals surface area (Å²) in [7, 11) is 0. The Bertz CT molecular complexity index is 302. The van der Waals surface area contributed by atoms with Crippen LogP contribution in [0, 0.1) is 11.6 Å². The van der Waals surface area contributed by atoms with Gasteiger partial charge in [-0.25, -0.2) is 8.78 Å². The van der Waals surface area contributed by atoms with Gasteiger partial charge in [-0.15, -0.1) is 0 Å². The first-order chi connectivity index (χ1) is 6.16. The van der Waals surface area contributed by atoms with E-state index >= 15 is 0 Å². The Morgan fingerprint density at radius 1 is 1.38 bits per heavy atom. The van der Waals surface area contributed by atoms with E-state index in [1.807, 2.05) is 6.92 Å². The predicted molar refractivity (Wildman–Crippen MR) is 50.1 cm³/mol. The maximum absolute atomic E-state index is 13.2. The van der Waals surface area contributed by atoms with E-state index in [0.717, 1.165) is 12.5 Å². The molecule has 0 fully saturated rings. The second-order valence-corrected chi connectivity index (χ2v) is 3.03. The highest BCUT2D eigenvalue weighted by Gasteiger charge is 2.10. The standard InChI is InChI=1S/C9H10ClF2N/c1-2-5-13-7-4-3-6(11)8(10)9(7)12/h3-4,13H,2,5H2,1H3. The van der Waals surface area contributed by atoms with E-state index in [9.17, 15) is 8.78 Å². The van der Waals surface area contributed by atoms with Gasteiger partial charge in [0.25, 0.3) is 0 Å². The van der Waals surface area contributed by atoms with Gasteiger partial charge in [0.1, 0.15) is 10.8 Å². The molecule has 0 bridgehead atoms. The van der Waals surface area contributed by atoms with Crippen molar-refractivity contribution < 1.29 is 8.78 Å². The van der Waals surface area contributed by atoms with Gasteiger partial charge < -0.3 is 5.32 Å². The van der Waals surface area contributed by atoms with Crippen molar-refractivity contribution in [2.75, 3.05) is 11.9 Å². The molecule has 0 atom stereocenters. The Balaban J connectivity index is 2.90. The summed E-state index contributed by atoms with van der Waals surface area (Å²) in [5.74, 6) is -1.46. The summed E-state index contributed by atoms with van der Waals surface area (Å²) in [5.41, 5.74) is 0.244. The number of rotatable bonds is 3. The van der Waals surface area contributed by atoms with Gasteiger partial charge in [0, 0.05) is 6.54 Å². The van der Waals surface area contributed by atoms with Crippen LogP contribution in [0.5, 0.6) is 0 Å². The van der Waals surface area contributed by atoms with Crippen LogP contribution >= 0.6 is 11.6 Å². The molecule has 1 nitrogen and oxygen atoms in total. The monoisotopic (exact) mass is 205 g/mol. The van der Waals surface area contributed by atoms with E-state index in [-0.39, 0.29) is 5.69 Å². The van der Waals surface area contributed by atoms with E-state index < -0.39 is 16.7 Å². The van der Waals surface area contributed by atoms with Crippen LogP contribution in [-0.4, -0.2) is 6.54 Å². The van der Waals surface area contributed by atoms with Crippen LogP contribution < -0.4 is 5.32 Å². The number of benzene rings is 1. The molecule has 0 aromatic heterocycles. The Kier molecular flexibility index (Phi) is 3.48. The van der Waals surface area contributed by atoms with Crippen LogP contribution in [-0.2, 0) is 0 Å². The fourth-order valence-corrected chi connectivity index (χ4v) is 1.09. The molecule has 0 aliphatic carbocycles. The van der Waals surface area contributed by atoms with E-state index in [0.29, 0.717) is 6.54 Å². The second-order valence-electron chi connectivity index (χ2n) is 2.65. The van der Waals surface area contributed by atoms with Crippen LogP contribution in [0.25, 0.3) is 0 Å². The van der Waals surface area contributed by atoms with Gasteiger partial charge in [0.05, 0.1) is 5.69 Å². The molecule has 1 aromatic carbocycles. The molecule has 1 N–H and O–H groups in total. The molecule has 0 radical (unpaired) electrons. The first kappa shape index (κ1) is 10.3. The quantitative estimate of drug-likeness (QED) is 0.746. The number of nitrogens with one attached hydrogen (secondary N) is 1. The molecule has 0 amide bonds. The average molecular weight is 206 g/mol. The summed E-state index contributed by atoms with van der Waals surface area (Å²) in [5, 5.41) is 2.35. The molecule has 0 aliphatic heterocycles. The fraction of sp³-hybridized carbons (Fsp3) is 0.333. The topological polar surface area (TPSA) is 12.0 Å². The first-order valence-corrected chi connectivity index (χ1v) is 4.42. The lowest BCUT2D eigenvalue weighted by molar-refractivity contribution is 0.586. The summed E-state index contributed by atoms with van der Waals surface area (Å²) in [6, 6.07) is 2.48. The number of hydrogen-bond donors (Lipinski definition) is 1. The van der Waals surface area contributed by atoms with Crippen molar-refractivity contribution in [3.8, 4) is 0 Å². The molecule has 1 aromatic rings. The Hall–Kier alpha value is -0.830. The Morgan fingerprint density at radius 3 is 2.69 bits per heavy atom. The zero-order valence-corrected chi connectivity index (χ0v) is 7.96. The van der Waals surface area contributed by atoms with Crippen molar-refractivity contribution in [1.82, 2.24) is 0 Å². The van der Waals surface area contributed by atoms with E-state index in [2.05, 4.69) is 5.32 Å². The molecule has 72 valence electrons. The fourth-order valence-electron chi connectivity index (χ4n) is 0.922. The third-order valence-electron chi connectivity index (χ3n) is 1.60. The predicted octanol–water partition coefficient (Wildman–Crippen LogP) is 3.44. The zero-order chi connectivity index (χ0) is 9.84. The summed E-state index contributed by atoms with van der Waals surface area (Å²) < 4.78 is 25.8. The first-order valence-electron chi connectivity index (χ1n) is 4.04. The number of hydrogen-bond acceptors (Lipinski definition) is 1. The van der Waals surface area contributed by atoms with Gasteiger partial charge in [-0.1, -0.05) is 18.5 Å². The molecule has 1 rings (SSSR count). The molecular formula is C9H10ClF2N. The minimum absolute atomic E-state index is 0.244. The minimum Gasteiger partial charge on any atom is -0.383 e. The lowest BCUT2D eigenvalue weighted by Crippen LogP contribution is -2.02. The normalized spacial score (nSPS) is 10.2. The van der Waals surface area contributed by atoms with Gasteiger partial charge in [-0.05, 0) is 18.6 Å². The van der Waals surface area contributed by atoms with Gasteiger partial charge in [-0.3, -0.25) is 0 Å². The maximum atomic E-state index is 13.2. The van der Waals surface area contributed by atoms with Crippen LogP contribution in [0.1, 0.15) is 13.3 Å². The summed E-state index contributed by atoms with van der Waals surface area (Å²) in [6.07, 6.45) is 0.869. The molecule has 0 aliphatic rings. The highest BCUT2D eigenvalue weighted by atomic mass is 35.5. The lowest BCUT2D eigenvalue weighted by Gasteiger charge is -2.06. The van der Waals surface area contributed by atoms with Crippen LogP contribution in [0.4, 0.5) is 14.5 Å². The number of halogens is 3. The van der Waals surface area contributed by atoms with Crippen molar-refractivity contribution in [1.29, 1.82) is 0 Å². The molecule has 4 heteroatoms. The van der Waals surface area contributed by atoms with Crippen molar-refractivity contribution in [3.05, 3.63) is 28.8 Å². The minimum atomic E-state index is -0.735. The van der Waals surface area contributed by atoms with Gasteiger partial charge >= 0.3 is 0 Å². The highest BCUT2D eigenvalue weighted by molar-refractivity contribution is 6.31. The smallest absolute Gasteiger partial charge is 0.167 e. The van der Waals surface area contributed by atoms with Crippen molar-refractivity contribution in [3.63, 3.8) is 0 Å². The van der Waals surface area contributed by atoms with Crippen LogP contribution in [0.3, 0.4) is 0 Å². The van der Waals surface area contributed by atoms with E-state index in [1.165, 1.54) is 6.07 Å². The van der Waals surface area contributed by atoms with Crippen LogP contribution in [0.15, 0.2) is 12.1 Å². The second kappa shape index (κ2) is 4.42. The highest BCUT2D eigenvalue weighted by Crippen LogP contribution is 2.25. The van der Waals surface area contributed by atoms with Gasteiger partial charge in [0.15, 0.2) is 5.82 Å². The lowest BCUT2D eigenvalue weighted by atomic mass is 10.3. The van der Waals surface area contributed by atoms with Crippen LogP contribution in [0.2, 0.25) is 5.02 Å².